The molecule has 0 fully saturated rings. The van der Waals surface area contributed by atoms with Crippen LogP contribution >= 0.6 is 23.4 Å². The number of thioether (sulfide) groups is 1. The van der Waals surface area contributed by atoms with E-state index in [0.29, 0.717) is 4.50 Å². The normalized spacial score (nSPS) is 12.1. The van der Waals surface area contributed by atoms with Crippen molar-refractivity contribution in [3.05, 3.63) is 0 Å². The lowest BCUT2D eigenvalue weighted by molar-refractivity contribution is 1.48. The fourth-order valence-electron chi connectivity index (χ4n) is 0.184. The van der Waals surface area contributed by atoms with Gasteiger partial charge in [0.05, 0.1) is 0 Å². The van der Waals surface area contributed by atoms with E-state index >= 15 is 0 Å². The summed E-state index contributed by atoms with van der Waals surface area (Å²) in [5.41, 5.74) is 0. The Morgan fingerprint density at radius 2 is 2.43 bits per heavy atom. The van der Waals surface area contributed by atoms with E-state index in [-0.39, 0.29) is 0 Å². The van der Waals surface area contributed by atoms with Crippen LogP contribution in [0.15, 0.2) is 4.99 Å². The third-order valence-electron chi connectivity index (χ3n) is 0.439. The van der Waals surface area contributed by atoms with E-state index in [0.717, 1.165) is 5.75 Å². The van der Waals surface area contributed by atoms with Gasteiger partial charge in [0, 0.05) is 7.05 Å². The Bertz CT molecular complexity index is 72.1. The molecule has 0 spiro atoms. The molecule has 0 saturated heterocycles. The molecule has 0 atom stereocenters. The second-order valence-electron chi connectivity index (χ2n) is 0.910. The average Bonchev–Trinajstić information content (AvgIpc) is 1.68. The van der Waals surface area contributed by atoms with Crippen molar-refractivity contribution in [2.45, 2.75) is 6.92 Å². The number of halogens is 1. The Hall–Kier alpha value is 0.310. The zero-order chi connectivity index (χ0) is 5.70. The fraction of sp³-hybridized carbons (Fsp3) is 0.750. The zero-order valence-electron chi connectivity index (χ0n) is 4.44. The molecule has 1 nitrogen and oxygen atoms in total. The first-order valence-corrected chi connectivity index (χ1v) is 3.42. The predicted octanol–water partition coefficient (Wildman–Crippen LogP) is 1.96. The second-order valence-corrected chi connectivity index (χ2v) is 2.74. The van der Waals surface area contributed by atoms with E-state index in [2.05, 4.69) is 4.99 Å². The third kappa shape index (κ3) is 4.16. The minimum absolute atomic E-state index is 0.641. The quantitative estimate of drug-likeness (QED) is 0.398. The van der Waals surface area contributed by atoms with E-state index in [4.69, 9.17) is 11.6 Å². The summed E-state index contributed by atoms with van der Waals surface area (Å²) in [7, 11) is 1.69. The van der Waals surface area contributed by atoms with Gasteiger partial charge in [0.1, 0.15) is 0 Å². The molecule has 42 valence electrons. The van der Waals surface area contributed by atoms with Crippen LogP contribution in [-0.2, 0) is 0 Å². The monoisotopic (exact) mass is 137 g/mol. The van der Waals surface area contributed by atoms with Gasteiger partial charge in [-0.2, -0.15) is 0 Å². The fourth-order valence-corrected chi connectivity index (χ4v) is 0.878. The molecule has 0 saturated carbocycles. The number of hydrogen-bond donors (Lipinski definition) is 0. The van der Waals surface area contributed by atoms with Crippen LogP contribution in [0.1, 0.15) is 6.92 Å². The molecule has 0 unspecified atom stereocenters. The van der Waals surface area contributed by atoms with Crippen molar-refractivity contribution in [1.82, 2.24) is 0 Å². The maximum Gasteiger partial charge on any atom is 0.157 e. The van der Waals surface area contributed by atoms with E-state index in [1.165, 1.54) is 0 Å². The summed E-state index contributed by atoms with van der Waals surface area (Å²) in [6, 6.07) is 0. The standard InChI is InChI=1S/C4H8ClNS/c1-3-7-4(5)6-2/h3H2,1-2H3. The lowest BCUT2D eigenvalue weighted by Gasteiger charge is -1.86. The summed E-state index contributed by atoms with van der Waals surface area (Å²) < 4.78 is 0.641. The second kappa shape index (κ2) is 4.47. The van der Waals surface area contributed by atoms with Crippen molar-refractivity contribution in [2.75, 3.05) is 12.8 Å². The molecule has 0 N–H and O–H groups in total. The highest BCUT2D eigenvalue weighted by Crippen LogP contribution is 2.05. The Balaban J connectivity index is 3.17. The average molecular weight is 138 g/mol. The molecular formula is C4H8ClNS. The van der Waals surface area contributed by atoms with E-state index in [9.17, 15) is 0 Å². The van der Waals surface area contributed by atoms with Crippen molar-refractivity contribution in [1.29, 1.82) is 0 Å². The highest BCUT2D eigenvalue weighted by Gasteiger charge is 1.85. The number of aliphatic imine (C=N–C) groups is 1. The molecule has 0 aromatic carbocycles. The first-order valence-electron chi connectivity index (χ1n) is 2.06. The molecule has 0 aliphatic rings. The van der Waals surface area contributed by atoms with Crippen molar-refractivity contribution >= 4 is 27.9 Å². The summed E-state index contributed by atoms with van der Waals surface area (Å²) in [5.74, 6) is 0.996. The third-order valence-corrected chi connectivity index (χ3v) is 1.65. The maximum absolute atomic E-state index is 5.48. The van der Waals surface area contributed by atoms with Crippen LogP contribution < -0.4 is 0 Å². The Morgan fingerprint density at radius 1 is 1.86 bits per heavy atom. The van der Waals surface area contributed by atoms with Gasteiger partial charge in [-0.3, -0.25) is 4.99 Å². The van der Waals surface area contributed by atoms with Crippen LogP contribution in [0.25, 0.3) is 0 Å². The summed E-state index contributed by atoms with van der Waals surface area (Å²) in [6.45, 7) is 2.04. The van der Waals surface area contributed by atoms with Gasteiger partial charge in [0.25, 0.3) is 0 Å². The first kappa shape index (κ1) is 7.31. The molecule has 0 aromatic heterocycles. The molecule has 0 aliphatic heterocycles. The maximum atomic E-state index is 5.48. The van der Waals surface area contributed by atoms with Gasteiger partial charge >= 0.3 is 0 Å². The molecule has 0 aliphatic carbocycles. The molecule has 0 radical (unpaired) electrons. The van der Waals surface area contributed by atoms with E-state index < -0.39 is 0 Å². The van der Waals surface area contributed by atoms with Gasteiger partial charge in [-0.1, -0.05) is 30.3 Å². The van der Waals surface area contributed by atoms with Crippen molar-refractivity contribution in [3.8, 4) is 0 Å². The predicted molar refractivity (Wildman–Crippen MR) is 37.3 cm³/mol. The molecular weight excluding hydrogens is 130 g/mol. The molecule has 0 rings (SSSR count). The topological polar surface area (TPSA) is 12.4 Å². The molecule has 0 aromatic rings. The molecule has 7 heavy (non-hydrogen) atoms. The van der Waals surface area contributed by atoms with Crippen molar-refractivity contribution in [3.63, 3.8) is 0 Å². The lowest BCUT2D eigenvalue weighted by atomic mass is 11.0. The SMILES string of the molecule is CCSC(Cl)=NC. The summed E-state index contributed by atoms with van der Waals surface area (Å²) in [6.07, 6.45) is 0. The summed E-state index contributed by atoms with van der Waals surface area (Å²) in [4.78, 5) is 3.72. The molecule has 0 heterocycles. The van der Waals surface area contributed by atoms with Crippen molar-refractivity contribution in [2.24, 2.45) is 4.99 Å². The highest BCUT2D eigenvalue weighted by molar-refractivity contribution is 8.16. The van der Waals surface area contributed by atoms with Crippen LogP contribution in [0.5, 0.6) is 0 Å². The van der Waals surface area contributed by atoms with Crippen LogP contribution in [-0.4, -0.2) is 17.3 Å². The summed E-state index contributed by atoms with van der Waals surface area (Å²) in [5, 5.41) is 0. The van der Waals surface area contributed by atoms with Crippen LogP contribution in [0, 0.1) is 0 Å². The molecule has 3 heteroatoms. The minimum atomic E-state index is 0.641. The van der Waals surface area contributed by atoms with Crippen molar-refractivity contribution < 1.29 is 0 Å². The Kier molecular flexibility index (Phi) is 4.67. The zero-order valence-corrected chi connectivity index (χ0v) is 6.01. The van der Waals surface area contributed by atoms with Gasteiger partial charge < -0.3 is 0 Å². The van der Waals surface area contributed by atoms with E-state index in [1.54, 1.807) is 18.8 Å². The van der Waals surface area contributed by atoms with Gasteiger partial charge in [0.2, 0.25) is 0 Å². The highest BCUT2D eigenvalue weighted by atomic mass is 35.5. The summed E-state index contributed by atoms with van der Waals surface area (Å²) >= 11 is 7.03. The smallest absolute Gasteiger partial charge is 0.157 e. The minimum Gasteiger partial charge on any atom is -0.271 e. The van der Waals surface area contributed by atoms with Crippen LogP contribution in [0.4, 0.5) is 0 Å². The Labute approximate surface area is 53.2 Å². The number of hydrogen-bond acceptors (Lipinski definition) is 2. The molecule has 0 bridgehead atoms. The van der Waals surface area contributed by atoms with Crippen LogP contribution in [0.2, 0.25) is 0 Å². The number of rotatable bonds is 1. The largest absolute Gasteiger partial charge is 0.271 e. The van der Waals surface area contributed by atoms with Gasteiger partial charge in [-0.25, -0.2) is 0 Å². The van der Waals surface area contributed by atoms with Crippen LogP contribution in [0.3, 0.4) is 0 Å². The van der Waals surface area contributed by atoms with Gasteiger partial charge in [-0.15, -0.1) is 0 Å². The Morgan fingerprint density at radius 3 is 2.57 bits per heavy atom. The lowest BCUT2D eigenvalue weighted by Crippen LogP contribution is -1.76. The first-order chi connectivity index (χ1) is 3.31. The number of nitrogens with zero attached hydrogens (tertiary/aromatic N) is 1. The van der Waals surface area contributed by atoms with Gasteiger partial charge in [0.15, 0.2) is 4.50 Å². The van der Waals surface area contributed by atoms with Gasteiger partial charge in [-0.05, 0) is 5.75 Å². The molecule has 0 amide bonds. The van der Waals surface area contributed by atoms with E-state index in [1.807, 2.05) is 6.92 Å².